The first-order valence-corrected chi connectivity index (χ1v) is 7.35. The number of anilines is 1. The van der Waals surface area contributed by atoms with Crippen LogP contribution in [0.1, 0.15) is 16.8 Å². The smallest absolute Gasteiger partial charge is 0.357 e. The molecule has 2 heterocycles. The molecule has 0 aliphatic rings. The molecule has 3 aromatic rings. The lowest BCUT2D eigenvalue weighted by Crippen LogP contribution is -2.04. The van der Waals surface area contributed by atoms with Crippen LogP contribution in [0.4, 0.5) is 18.3 Å². The summed E-state index contributed by atoms with van der Waals surface area (Å²) in [7, 11) is 1.86. The van der Waals surface area contributed by atoms with E-state index in [1.165, 1.54) is 17.4 Å². The Morgan fingerprint density at radius 3 is 2.73 bits per heavy atom. The lowest BCUT2D eigenvalue weighted by atomic mass is 10.2. The molecule has 2 aromatic heterocycles. The van der Waals surface area contributed by atoms with Crippen LogP contribution >= 0.6 is 11.3 Å². The summed E-state index contributed by atoms with van der Waals surface area (Å²) in [5, 5.41) is 7.88. The van der Waals surface area contributed by atoms with Crippen molar-refractivity contribution in [3.05, 3.63) is 41.2 Å². The minimum atomic E-state index is -4.35. The predicted octanol–water partition coefficient (Wildman–Crippen LogP) is 3.97. The number of hydrogen-bond donors (Lipinski definition) is 1. The van der Waals surface area contributed by atoms with Crippen molar-refractivity contribution < 1.29 is 13.2 Å². The molecule has 0 saturated heterocycles. The molecule has 0 unspecified atom stereocenters. The highest BCUT2D eigenvalue weighted by atomic mass is 32.1. The minimum Gasteiger partial charge on any atom is -0.357 e. The number of nitrogens with zero attached hydrogens (tertiary/aromatic N) is 3. The fourth-order valence-corrected chi connectivity index (χ4v) is 2.91. The summed E-state index contributed by atoms with van der Waals surface area (Å²) >= 11 is 1.33. The maximum atomic E-state index is 12.7. The molecule has 0 atom stereocenters. The lowest BCUT2D eigenvalue weighted by Gasteiger charge is -2.04. The van der Waals surface area contributed by atoms with Crippen LogP contribution in [-0.4, -0.2) is 14.8 Å². The number of fused-ring (bicyclic) bond motifs is 1. The van der Waals surface area contributed by atoms with Gasteiger partial charge in [0.25, 0.3) is 0 Å². The average molecular weight is 326 g/mol. The van der Waals surface area contributed by atoms with Gasteiger partial charge in [-0.3, -0.25) is 4.68 Å². The average Bonchev–Trinajstić information content (AvgIpc) is 2.99. The van der Waals surface area contributed by atoms with E-state index in [0.29, 0.717) is 17.2 Å². The van der Waals surface area contributed by atoms with Crippen LogP contribution in [0.15, 0.2) is 24.4 Å². The first-order valence-electron chi connectivity index (χ1n) is 6.54. The minimum absolute atomic E-state index is 0.352. The Balaban J connectivity index is 1.81. The van der Waals surface area contributed by atoms with E-state index in [9.17, 15) is 13.2 Å². The maximum Gasteiger partial charge on any atom is 0.416 e. The number of thiazole rings is 1. The summed E-state index contributed by atoms with van der Waals surface area (Å²) in [5.74, 6) is 0. The van der Waals surface area contributed by atoms with Gasteiger partial charge >= 0.3 is 6.18 Å². The third kappa shape index (κ3) is 2.78. The molecule has 4 nitrogen and oxygen atoms in total. The van der Waals surface area contributed by atoms with Gasteiger partial charge in [0.05, 0.1) is 22.0 Å². The molecule has 116 valence electrons. The first-order chi connectivity index (χ1) is 10.3. The SMILES string of the molecule is Cc1c(CNc2nc3cc(C(F)(F)F)ccc3s2)cnn1C. The van der Waals surface area contributed by atoms with Crippen LogP contribution < -0.4 is 5.32 Å². The second-order valence-corrected chi connectivity index (χ2v) is 5.96. The van der Waals surface area contributed by atoms with E-state index in [4.69, 9.17) is 0 Å². The normalized spacial score (nSPS) is 12.0. The van der Waals surface area contributed by atoms with Gasteiger partial charge in [-0.15, -0.1) is 0 Å². The Morgan fingerprint density at radius 1 is 1.32 bits per heavy atom. The highest BCUT2D eigenvalue weighted by Crippen LogP contribution is 2.34. The molecular weight excluding hydrogens is 313 g/mol. The fraction of sp³-hybridized carbons (Fsp3) is 0.286. The van der Waals surface area contributed by atoms with Gasteiger partial charge in [-0.2, -0.15) is 18.3 Å². The number of rotatable bonds is 3. The van der Waals surface area contributed by atoms with Crippen molar-refractivity contribution >= 4 is 26.7 Å². The van der Waals surface area contributed by atoms with E-state index < -0.39 is 11.7 Å². The van der Waals surface area contributed by atoms with Crippen LogP contribution in [0.25, 0.3) is 10.2 Å². The number of aryl methyl sites for hydroxylation is 1. The number of benzene rings is 1. The molecule has 0 bridgehead atoms. The number of nitrogens with one attached hydrogen (secondary N) is 1. The van der Waals surface area contributed by atoms with Crippen molar-refractivity contribution in [3.63, 3.8) is 0 Å². The van der Waals surface area contributed by atoms with E-state index in [1.807, 2.05) is 14.0 Å². The lowest BCUT2D eigenvalue weighted by molar-refractivity contribution is -0.137. The molecular formula is C14H13F3N4S. The van der Waals surface area contributed by atoms with Crippen LogP contribution in [-0.2, 0) is 19.8 Å². The highest BCUT2D eigenvalue weighted by molar-refractivity contribution is 7.22. The summed E-state index contributed by atoms with van der Waals surface area (Å²) in [4.78, 5) is 4.22. The number of halogens is 3. The Bertz CT molecular complexity index is 819. The van der Waals surface area contributed by atoms with Crippen molar-refractivity contribution in [1.82, 2.24) is 14.8 Å². The molecule has 0 saturated carbocycles. The van der Waals surface area contributed by atoms with Crippen molar-refractivity contribution in [2.24, 2.45) is 7.05 Å². The summed E-state index contributed by atoms with van der Waals surface area (Å²) in [6.45, 7) is 2.49. The molecule has 0 aliphatic heterocycles. The van der Waals surface area contributed by atoms with Gasteiger partial charge in [0, 0.05) is 24.8 Å². The van der Waals surface area contributed by atoms with Crippen LogP contribution in [0.2, 0.25) is 0 Å². The fourth-order valence-electron chi connectivity index (χ4n) is 2.07. The molecule has 1 aromatic carbocycles. The van der Waals surface area contributed by atoms with Gasteiger partial charge in [-0.25, -0.2) is 4.98 Å². The van der Waals surface area contributed by atoms with Crippen molar-refractivity contribution in [2.75, 3.05) is 5.32 Å². The summed E-state index contributed by atoms with van der Waals surface area (Å²) in [6.07, 6.45) is -2.59. The van der Waals surface area contributed by atoms with E-state index in [0.717, 1.165) is 28.1 Å². The number of alkyl halides is 3. The Hall–Kier alpha value is -2.09. The number of hydrogen-bond acceptors (Lipinski definition) is 4. The Labute approximate surface area is 128 Å². The van der Waals surface area contributed by atoms with E-state index in [1.54, 1.807) is 10.9 Å². The molecule has 0 amide bonds. The molecule has 0 aliphatic carbocycles. The molecule has 22 heavy (non-hydrogen) atoms. The van der Waals surface area contributed by atoms with Crippen LogP contribution in [0.3, 0.4) is 0 Å². The zero-order valence-corrected chi connectivity index (χ0v) is 12.7. The molecule has 0 fully saturated rings. The molecule has 3 rings (SSSR count). The van der Waals surface area contributed by atoms with Gasteiger partial charge in [0.1, 0.15) is 0 Å². The third-order valence-corrected chi connectivity index (χ3v) is 4.48. The Kier molecular flexibility index (Phi) is 3.56. The van der Waals surface area contributed by atoms with Gasteiger partial charge < -0.3 is 5.32 Å². The van der Waals surface area contributed by atoms with Crippen LogP contribution in [0.5, 0.6) is 0 Å². The Morgan fingerprint density at radius 2 is 2.09 bits per heavy atom. The molecule has 1 N–H and O–H groups in total. The second kappa shape index (κ2) is 5.28. The molecule has 0 spiro atoms. The van der Waals surface area contributed by atoms with Crippen molar-refractivity contribution in [3.8, 4) is 0 Å². The summed E-state index contributed by atoms with van der Waals surface area (Å²) < 4.78 is 40.6. The standard InChI is InChI=1S/C14H13F3N4S/c1-8-9(7-19-21(8)2)6-18-13-20-11-5-10(14(15,16)17)3-4-12(11)22-13/h3-5,7H,6H2,1-2H3,(H,18,20). The van der Waals surface area contributed by atoms with Gasteiger partial charge in [-0.1, -0.05) is 11.3 Å². The van der Waals surface area contributed by atoms with Crippen molar-refractivity contribution in [1.29, 1.82) is 0 Å². The van der Waals surface area contributed by atoms with E-state index in [2.05, 4.69) is 15.4 Å². The summed E-state index contributed by atoms with van der Waals surface area (Å²) in [5.41, 5.74) is 1.73. The second-order valence-electron chi connectivity index (χ2n) is 4.93. The zero-order chi connectivity index (χ0) is 15.9. The largest absolute Gasteiger partial charge is 0.416 e. The van der Waals surface area contributed by atoms with E-state index >= 15 is 0 Å². The molecule has 0 radical (unpaired) electrons. The number of aromatic nitrogens is 3. The monoisotopic (exact) mass is 326 g/mol. The van der Waals surface area contributed by atoms with Crippen molar-refractivity contribution in [2.45, 2.75) is 19.6 Å². The first kappa shape index (κ1) is 14.8. The van der Waals surface area contributed by atoms with Gasteiger partial charge in [-0.05, 0) is 25.1 Å². The van der Waals surface area contributed by atoms with Gasteiger partial charge in [0.15, 0.2) is 5.13 Å². The molecule has 8 heteroatoms. The topological polar surface area (TPSA) is 42.7 Å². The summed E-state index contributed by atoms with van der Waals surface area (Å²) in [6, 6.07) is 3.61. The van der Waals surface area contributed by atoms with E-state index in [-0.39, 0.29) is 0 Å². The predicted molar refractivity (Wildman–Crippen MR) is 79.9 cm³/mol. The zero-order valence-electron chi connectivity index (χ0n) is 11.9. The maximum absolute atomic E-state index is 12.7. The highest BCUT2D eigenvalue weighted by Gasteiger charge is 2.30. The quantitative estimate of drug-likeness (QED) is 0.792. The van der Waals surface area contributed by atoms with Crippen LogP contribution in [0, 0.1) is 6.92 Å². The third-order valence-electron chi connectivity index (χ3n) is 3.48. The van der Waals surface area contributed by atoms with Gasteiger partial charge in [0.2, 0.25) is 0 Å².